The van der Waals surface area contributed by atoms with Crippen LogP contribution in [-0.4, -0.2) is 55.1 Å². The Kier molecular flexibility index (Phi) is 5.90. The fourth-order valence-corrected chi connectivity index (χ4v) is 5.96. The van der Waals surface area contributed by atoms with E-state index in [2.05, 4.69) is 47.6 Å². The number of rotatable bonds is 6. The van der Waals surface area contributed by atoms with Crippen LogP contribution in [0.1, 0.15) is 29.4 Å². The van der Waals surface area contributed by atoms with Gasteiger partial charge >= 0.3 is 0 Å². The first kappa shape index (κ1) is 23.7. The van der Waals surface area contributed by atoms with Crippen molar-refractivity contribution in [2.45, 2.75) is 25.9 Å². The lowest BCUT2D eigenvalue weighted by molar-refractivity contribution is 0.102. The first-order valence-electron chi connectivity index (χ1n) is 12.9. The van der Waals surface area contributed by atoms with Crippen molar-refractivity contribution in [2.24, 2.45) is 0 Å². The Hall–Kier alpha value is -4.41. The molecule has 9 nitrogen and oxygen atoms in total. The maximum Gasteiger partial charge on any atom is 0.181 e. The summed E-state index contributed by atoms with van der Waals surface area (Å²) in [4.78, 5) is 30.7. The molecule has 3 N–H and O–H groups in total. The summed E-state index contributed by atoms with van der Waals surface area (Å²) in [6.07, 6.45) is 9.37. The molecule has 0 radical (unpaired) electrons. The van der Waals surface area contributed by atoms with E-state index in [-0.39, 0.29) is 11.9 Å². The highest BCUT2D eigenvalue weighted by Gasteiger charge is 2.18. The summed E-state index contributed by atoms with van der Waals surface area (Å²) in [6, 6.07) is 11.9. The fraction of sp³-hybridized carbons (Fsp3) is 0.207. The minimum absolute atomic E-state index is 0.0546. The Labute approximate surface area is 227 Å². The summed E-state index contributed by atoms with van der Waals surface area (Å²) < 4.78 is 6.21. The predicted octanol–water partition coefficient (Wildman–Crippen LogP) is 5.63. The van der Waals surface area contributed by atoms with Crippen LogP contribution in [0.15, 0.2) is 61.2 Å². The van der Waals surface area contributed by atoms with Crippen LogP contribution in [0.2, 0.25) is 0 Å². The molecule has 7 heterocycles. The van der Waals surface area contributed by atoms with E-state index < -0.39 is 0 Å². The van der Waals surface area contributed by atoms with Crippen LogP contribution in [0, 0.1) is 0 Å². The number of carbonyl (C=O) groups excluding carboxylic acids is 1. The number of fused-ring (bicyclic) bond motifs is 2. The number of piperidine rings is 1. The Bertz CT molecular complexity index is 1830. The summed E-state index contributed by atoms with van der Waals surface area (Å²) in [5.41, 5.74) is 6.01. The van der Waals surface area contributed by atoms with E-state index in [1.54, 1.807) is 19.3 Å². The number of Topliss-reactive ketones (excluding diaryl/α,β-unsaturated/α-hetero) is 1. The number of carbonyl (C=O) groups is 1. The number of thiophene rings is 1. The number of hydrogen-bond donors (Lipinski definition) is 3. The van der Waals surface area contributed by atoms with Crippen LogP contribution in [0.5, 0.6) is 5.75 Å². The van der Waals surface area contributed by atoms with Crippen molar-refractivity contribution in [3.05, 3.63) is 66.1 Å². The zero-order valence-corrected chi connectivity index (χ0v) is 22.0. The van der Waals surface area contributed by atoms with Gasteiger partial charge in [0.05, 0.1) is 33.0 Å². The lowest BCUT2D eigenvalue weighted by Crippen LogP contribution is -2.34. The third-order valence-corrected chi connectivity index (χ3v) is 8.24. The van der Waals surface area contributed by atoms with Gasteiger partial charge < -0.3 is 15.0 Å². The molecule has 0 unspecified atom stereocenters. The molecule has 0 aromatic carbocycles. The summed E-state index contributed by atoms with van der Waals surface area (Å²) in [6.45, 7) is 3.52. The average Bonchev–Trinajstić information content (AvgIpc) is 3.71. The van der Waals surface area contributed by atoms with Crippen LogP contribution in [0.4, 0.5) is 0 Å². The number of nitrogens with zero attached hydrogens (tertiary/aromatic N) is 4. The van der Waals surface area contributed by atoms with Gasteiger partial charge in [-0.1, -0.05) is 0 Å². The van der Waals surface area contributed by atoms with Crippen LogP contribution in [0.25, 0.3) is 55.0 Å². The maximum absolute atomic E-state index is 11.8. The number of aromatic nitrogens is 6. The lowest BCUT2D eigenvalue weighted by atomic mass is 10.1. The zero-order chi connectivity index (χ0) is 26.3. The van der Waals surface area contributed by atoms with Gasteiger partial charge in [0.15, 0.2) is 11.4 Å². The third kappa shape index (κ3) is 4.47. The van der Waals surface area contributed by atoms with Crippen LogP contribution >= 0.6 is 11.3 Å². The Balaban J connectivity index is 1.25. The SMILES string of the molecule is CC(=O)c1ccc(-c2nccc3[nH]c(-c4[nH]nc5ncc(-c6cncc(OC7CCNCC7)c6)cc45)cc23)s1. The van der Waals surface area contributed by atoms with Gasteiger partial charge in [0.25, 0.3) is 0 Å². The fourth-order valence-electron chi connectivity index (χ4n) is 5.05. The molecule has 6 aromatic heterocycles. The number of hydrogen-bond acceptors (Lipinski definition) is 8. The first-order valence-corrected chi connectivity index (χ1v) is 13.7. The second kappa shape index (κ2) is 9.72. The molecule has 1 aliphatic heterocycles. The molecule has 194 valence electrons. The van der Waals surface area contributed by atoms with Crippen molar-refractivity contribution in [3.63, 3.8) is 0 Å². The predicted molar refractivity (Wildman–Crippen MR) is 152 cm³/mol. The molecule has 0 spiro atoms. The monoisotopic (exact) mass is 535 g/mol. The Morgan fingerprint density at radius 1 is 1.00 bits per heavy atom. The van der Waals surface area contributed by atoms with E-state index in [0.717, 1.165) is 85.9 Å². The molecule has 1 aliphatic rings. The maximum atomic E-state index is 11.8. The lowest BCUT2D eigenvalue weighted by Gasteiger charge is -2.23. The number of ether oxygens (including phenoxy) is 1. The van der Waals surface area contributed by atoms with Crippen molar-refractivity contribution >= 4 is 39.1 Å². The topological polar surface area (TPSA) is 121 Å². The molecule has 0 bridgehead atoms. The van der Waals surface area contributed by atoms with E-state index in [1.807, 2.05) is 36.7 Å². The molecular formula is C29H25N7O2S. The molecule has 1 saturated heterocycles. The molecule has 10 heteroatoms. The largest absolute Gasteiger partial charge is 0.489 e. The highest BCUT2D eigenvalue weighted by molar-refractivity contribution is 7.17. The van der Waals surface area contributed by atoms with Gasteiger partial charge in [-0.2, -0.15) is 5.10 Å². The average molecular weight is 536 g/mol. The van der Waals surface area contributed by atoms with Gasteiger partial charge in [-0.05, 0) is 69.3 Å². The van der Waals surface area contributed by atoms with Gasteiger partial charge in [-0.25, -0.2) is 4.98 Å². The van der Waals surface area contributed by atoms with Crippen molar-refractivity contribution in [3.8, 4) is 38.8 Å². The van der Waals surface area contributed by atoms with Gasteiger partial charge in [-0.3, -0.25) is 19.9 Å². The van der Waals surface area contributed by atoms with Gasteiger partial charge in [0.2, 0.25) is 0 Å². The quantitative estimate of drug-likeness (QED) is 0.237. The van der Waals surface area contributed by atoms with Crippen molar-refractivity contribution in [1.29, 1.82) is 0 Å². The normalized spacial score (nSPS) is 14.3. The van der Waals surface area contributed by atoms with Crippen molar-refractivity contribution < 1.29 is 9.53 Å². The van der Waals surface area contributed by atoms with E-state index in [4.69, 9.17) is 4.74 Å². The van der Waals surface area contributed by atoms with Crippen LogP contribution in [0.3, 0.4) is 0 Å². The highest BCUT2D eigenvalue weighted by atomic mass is 32.1. The number of pyridine rings is 3. The van der Waals surface area contributed by atoms with Crippen molar-refractivity contribution in [2.75, 3.05) is 13.1 Å². The first-order chi connectivity index (χ1) is 19.1. The van der Waals surface area contributed by atoms with Crippen molar-refractivity contribution in [1.82, 2.24) is 35.5 Å². The minimum Gasteiger partial charge on any atom is -0.489 e. The zero-order valence-electron chi connectivity index (χ0n) is 21.2. The summed E-state index contributed by atoms with van der Waals surface area (Å²) in [5, 5.41) is 12.8. The molecule has 6 aromatic rings. The molecule has 0 atom stereocenters. The minimum atomic E-state index is 0.0546. The molecule has 39 heavy (non-hydrogen) atoms. The van der Waals surface area contributed by atoms with Gasteiger partial charge in [0.1, 0.15) is 11.9 Å². The molecule has 0 saturated carbocycles. The molecule has 7 rings (SSSR count). The summed E-state index contributed by atoms with van der Waals surface area (Å²) in [7, 11) is 0. The second-order valence-corrected chi connectivity index (χ2v) is 10.8. The third-order valence-electron chi connectivity index (χ3n) is 7.05. The highest BCUT2D eigenvalue weighted by Crippen LogP contribution is 2.36. The van der Waals surface area contributed by atoms with Gasteiger partial charge in [0, 0.05) is 46.0 Å². The Morgan fingerprint density at radius 3 is 2.72 bits per heavy atom. The van der Waals surface area contributed by atoms with E-state index >= 15 is 0 Å². The van der Waals surface area contributed by atoms with Gasteiger partial charge in [-0.15, -0.1) is 11.3 Å². The Morgan fingerprint density at radius 2 is 1.87 bits per heavy atom. The summed E-state index contributed by atoms with van der Waals surface area (Å²) >= 11 is 1.45. The second-order valence-electron chi connectivity index (χ2n) is 9.69. The van der Waals surface area contributed by atoms with E-state index in [0.29, 0.717) is 5.65 Å². The molecular weight excluding hydrogens is 510 g/mol. The molecule has 0 amide bonds. The molecule has 1 fully saturated rings. The summed E-state index contributed by atoms with van der Waals surface area (Å²) in [5.74, 6) is 0.822. The number of aromatic amines is 2. The standard InChI is InChI=1S/C29H25N7O2S/c1-16(37)25-2-3-26(39-25)28-21-12-24(34-23(21)6-9-32-28)27-22-11-18(14-33-29(22)36-35-27)17-10-20(15-31-13-17)38-19-4-7-30-8-5-19/h2-3,6,9-15,19,30,34H,4-5,7-8H2,1H3,(H,33,35,36). The number of nitrogens with one attached hydrogen (secondary N) is 3. The van der Waals surface area contributed by atoms with E-state index in [9.17, 15) is 4.79 Å². The smallest absolute Gasteiger partial charge is 0.181 e. The van der Waals surface area contributed by atoms with Crippen LogP contribution < -0.4 is 10.1 Å². The number of ketones is 1. The van der Waals surface area contributed by atoms with E-state index in [1.165, 1.54) is 11.3 Å². The van der Waals surface area contributed by atoms with Crippen LogP contribution in [-0.2, 0) is 0 Å². The molecule has 0 aliphatic carbocycles. The number of H-pyrrole nitrogens is 2.